The van der Waals surface area contributed by atoms with Crippen molar-refractivity contribution in [1.29, 1.82) is 0 Å². The average Bonchev–Trinajstić information content (AvgIpc) is 2.78. The summed E-state index contributed by atoms with van der Waals surface area (Å²) in [6.07, 6.45) is 1.89. The molecule has 2 radical (unpaired) electrons. The Balaban J connectivity index is 2.14. The van der Waals surface area contributed by atoms with Crippen LogP contribution >= 0.6 is 0 Å². The van der Waals surface area contributed by atoms with Gasteiger partial charge in [0.05, 0.1) is 0 Å². The summed E-state index contributed by atoms with van der Waals surface area (Å²) < 4.78 is 6.18. The molecule has 0 aromatic rings. The predicted molar refractivity (Wildman–Crippen MR) is 85.9 cm³/mol. The van der Waals surface area contributed by atoms with Gasteiger partial charge in [0.2, 0.25) is 0 Å². The number of hydrogen-bond donors (Lipinski definition) is 1. The van der Waals surface area contributed by atoms with Gasteiger partial charge in [-0.1, -0.05) is 20.8 Å². The highest BCUT2D eigenvalue weighted by molar-refractivity contribution is 6.74. The summed E-state index contributed by atoms with van der Waals surface area (Å²) in [5.41, 5.74) is 0. The molecule has 1 aliphatic heterocycles. The van der Waals surface area contributed by atoms with Crippen molar-refractivity contribution in [3.8, 4) is 0 Å². The molecule has 0 saturated carbocycles. The second kappa shape index (κ2) is 7.89. The van der Waals surface area contributed by atoms with Gasteiger partial charge in [-0.15, -0.1) is 0 Å². The van der Waals surface area contributed by atoms with Gasteiger partial charge in [0.1, 0.15) is 6.67 Å². The van der Waals surface area contributed by atoms with Gasteiger partial charge in [-0.05, 0) is 31.0 Å². The molecular formula is C15H32N2O2Si. The highest BCUT2D eigenvalue weighted by Gasteiger charge is 2.36. The molecule has 0 unspecified atom stereocenters. The first-order chi connectivity index (χ1) is 9.26. The molecule has 5 heteroatoms. The van der Waals surface area contributed by atoms with Crippen LogP contribution in [0.2, 0.25) is 18.1 Å². The quantitative estimate of drug-likeness (QED) is 0.551. The fourth-order valence-corrected chi connectivity index (χ4v) is 3.01. The maximum absolute atomic E-state index is 8.83. The average molecular weight is 301 g/mol. The minimum Gasteiger partial charge on any atom is -0.417 e. The van der Waals surface area contributed by atoms with Gasteiger partial charge >= 0.3 is 0 Å². The molecule has 0 aromatic heterocycles. The SMILES string of the molecule is CC(C)(C)[Si](C)(C)OCCCN1[C]N(CCCO)CC1. The van der Waals surface area contributed by atoms with E-state index in [1.807, 2.05) is 0 Å². The van der Waals surface area contributed by atoms with Gasteiger partial charge in [-0.25, -0.2) is 0 Å². The normalized spacial score (nSPS) is 18.9. The molecule has 1 saturated heterocycles. The number of hydrogen-bond acceptors (Lipinski definition) is 4. The molecule has 1 rings (SSSR count). The molecule has 1 fully saturated rings. The van der Waals surface area contributed by atoms with Crippen LogP contribution in [0, 0.1) is 6.67 Å². The summed E-state index contributed by atoms with van der Waals surface area (Å²) in [7, 11) is -1.59. The maximum atomic E-state index is 8.83. The Hall–Kier alpha value is 0.0569. The number of rotatable bonds is 8. The second-order valence-electron chi connectivity index (χ2n) is 7.11. The summed E-state index contributed by atoms with van der Waals surface area (Å²) in [5, 5.41) is 9.12. The van der Waals surface area contributed by atoms with Crippen molar-refractivity contribution >= 4 is 8.32 Å². The zero-order valence-electron chi connectivity index (χ0n) is 13.9. The van der Waals surface area contributed by atoms with Crippen LogP contribution < -0.4 is 0 Å². The van der Waals surface area contributed by atoms with Gasteiger partial charge in [-0.3, -0.25) is 9.80 Å². The van der Waals surface area contributed by atoms with E-state index in [0.29, 0.717) is 5.04 Å². The Morgan fingerprint density at radius 1 is 1.10 bits per heavy atom. The van der Waals surface area contributed by atoms with E-state index in [0.717, 1.165) is 45.6 Å². The lowest BCUT2D eigenvalue weighted by atomic mass is 10.2. The fraction of sp³-hybridized carbons (Fsp3) is 0.933. The smallest absolute Gasteiger partial charge is 0.191 e. The molecule has 0 aromatic carbocycles. The van der Waals surface area contributed by atoms with E-state index >= 15 is 0 Å². The molecule has 20 heavy (non-hydrogen) atoms. The van der Waals surface area contributed by atoms with Crippen molar-refractivity contribution < 1.29 is 9.53 Å². The minimum atomic E-state index is -1.59. The Bertz CT molecular complexity index is 280. The predicted octanol–water partition coefficient (Wildman–Crippen LogP) is 2.39. The first-order valence-corrected chi connectivity index (χ1v) is 10.7. The van der Waals surface area contributed by atoms with Gasteiger partial charge in [0, 0.05) is 39.4 Å². The van der Waals surface area contributed by atoms with E-state index in [2.05, 4.69) is 50.3 Å². The van der Waals surface area contributed by atoms with Crippen molar-refractivity contribution in [2.45, 2.75) is 51.7 Å². The third kappa shape index (κ3) is 5.82. The van der Waals surface area contributed by atoms with Crippen molar-refractivity contribution in [3.05, 3.63) is 6.67 Å². The third-order valence-electron chi connectivity index (χ3n) is 4.35. The lowest BCUT2D eigenvalue weighted by molar-refractivity contribution is 0.239. The van der Waals surface area contributed by atoms with Crippen LogP contribution in [-0.4, -0.2) is 62.6 Å². The maximum Gasteiger partial charge on any atom is 0.191 e. The first kappa shape index (κ1) is 18.1. The molecule has 0 aliphatic carbocycles. The van der Waals surface area contributed by atoms with Gasteiger partial charge in [0.25, 0.3) is 0 Å². The van der Waals surface area contributed by atoms with Crippen LogP contribution in [0.3, 0.4) is 0 Å². The minimum absolute atomic E-state index is 0.262. The van der Waals surface area contributed by atoms with Crippen LogP contribution in [-0.2, 0) is 4.43 Å². The number of aliphatic hydroxyl groups excluding tert-OH is 1. The molecule has 1 N–H and O–H groups in total. The standard InChI is InChI=1S/C15H32N2O2Si/c1-15(2,3)20(4,5)19-13-7-9-17-11-10-16(14-17)8-6-12-18/h18H,6-13H2,1-5H3. The van der Waals surface area contributed by atoms with Crippen LogP contribution in [0.1, 0.15) is 33.6 Å². The topological polar surface area (TPSA) is 35.9 Å². The summed E-state index contributed by atoms with van der Waals surface area (Å²) >= 11 is 0. The Labute approximate surface area is 126 Å². The van der Waals surface area contributed by atoms with E-state index in [4.69, 9.17) is 9.53 Å². The van der Waals surface area contributed by atoms with Crippen molar-refractivity contribution in [3.63, 3.8) is 0 Å². The fourth-order valence-electron chi connectivity index (χ4n) is 1.93. The number of nitrogens with zero attached hydrogens (tertiary/aromatic N) is 2. The van der Waals surface area contributed by atoms with Crippen LogP contribution in [0.25, 0.3) is 0 Å². The van der Waals surface area contributed by atoms with Crippen molar-refractivity contribution in [2.75, 3.05) is 39.4 Å². The van der Waals surface area contributed by atoms with Crippen LogP contribution in [0.15, 0.2) is 0 Å². The zero-order chi connectivity index (χ0) is 15.2. The molecule has 0 amide bonds. The molecule has 1 aliphatic rings. The summed E-state index contributed by atoms with van der Waals surface area (Å²) in [5.74, 6) is 0. The highest BCUT2D eigenvalue weighted by Crippen LogP contribution is 2.36. The van der Waals surface area contributed by atoms with E-state index in [9.17, 15) is 0 Å². The van der Waals surface area contributed by atoms with Crippen LogP contribution in [0.5, 0.6) is 0 Å². The molecule has 118 valence electrons. The third-order valence-corrected chi connectivity index (χ3v) is 8.89. The summed E-state index contributed by atoms with van der Waals surface area (Å²) in [6, 6.07) is 0. The molecule has 0 spiro atoms. The molecule has 1 heterocycles. The van der Waals surface area contributed by atoms with Crippen LogP contribution in [0.4, 0.5) is 0 Å². The molecular weight excluding hydrogens is 268 g/mol. The molecule has 0 atom stereocenters. The van der Waals surface area contributed by atoms with Gasteiger partial charge in [-0.2, -0.15) is 0 Å². The second-order valence-corrected chi connectivity index (χ2v) is 11.9. The monoisotopic (exact) mass is 300 g/mol. The van der Waals surface area contributed by atoms with E-state index in [1.54, 1.807) is 0 Å². The molecule has 4 nitrogen and oxygen atoms in total. The number of aliphatic hydroxyl groups is 1. The zero-order valence-corrected chi connectivity index (χ0v) is 14.9. The van der Waals surface area contributed by atoms with Gasteiger partial charge < -0.3 is 9.53 Å². The Kier molecular flexibility index (Phi) is 7.15. The van der Waals surface area contributed by atoms with E-state index in [-0.39, 0.29) is 6.61 Å². The van der Waals surface area contributed by atoms with E-state index < -0.39 is 8.32 Å². The first-order valence-electron chi connectivity index (χ1n) is 7.77. The summed E-state index contributed by atoms with van der Waals surface area (Å²) in [4.78, 5) is 4.41. The van der Waals surface area contributed by atoms with Gasteiger partial charge in [0.15, 0.2) is 8.32 Å². The lowest BCUT2D eigenvalue weighted by Crippen LogP contribution is -2.41. The van der Waals surface area contributed by atoms with Crippen molar-refractivity contribution in [1.82, 2.24) is 9.80 Å². The Morgan fingerprint density at radius 3 is 2.15 bits per heavy atom. The molecule has 0 bridgehead atoms. The Morgan fingerprint density at radius 2 is 1.65 bits per heavy atom. The highest BCUT2D eigenvalue weighted by atomic mass is 28.4. The summed E-state index contributed by atoms with van der Waals surface area (Å²) in [6.45, 7) is 19.9. The lowest BCUT2D eigenvalue weighted by Gasteiger charge is -2.36. The largest absolute Gasteiger partial charge is 0.417 e. The van der Waals surface area contributed by atoms with Crippen molar-refractivity contribution in [2.24, 2.45) is 0 Å². The van der Waals surface area contributed by atoms with E-state index in [1.165, 1.54) is 0 Å².